The van der Waals surface area contributed by atoms with Crippen molar-refractivity contribution < 1.29 is 19.0 Å². The quantitative estimate of drug-likeness (QED) is 0.381. The van der Waals surface area contributed by atoms with E-state index in [9.17, 15) is 4.79 Å². The van der Waals surface area contributed by atoms with E-state index in [0.717, 1.165) is 30.2 Å². The maximum absolute atomic E-state index is 12.2. The predicted molar refractivity (Wildman–Crippen MR) is 91.1 cm³/mol. The first-order valence-corrected chi connectivity index (χ1v) is 9.01. The van der Waals surface area contributed by atoms with Crippen molar-refractivity contribution in [2.75, 3.05) is 37.8 Å². The minimum atomic E-state index is -0.458. The number of hydrogen-bond donors (Lipinski definition) is 0. The second kappa shape index (κ2) is 8.53. The van der Waals surface area contributed by atoms with E-state index in [4.69, 9.17) is 14.2 Å². The molecule has 6 heteroatoms. The van der Waals surface area contributed by atoms with Crippen LogP contribution in [0.3, 0.4) is 0 Å². The van der Waals surface area contributed by atoms with Gasteiger partial charge in [0.05, 0.1) is 12.1 Å². The van der Waals surface area contributed by atoms with Crippen molar-refractivity contribution in [2.24, 2.45) is 0 Å². The van der Waals surface area contributed by atoms with Gasteiger partial charge in [0, 0.05) is 31.3 Å². The van der Waals surface area contributed by atoms with Crippen molar-refractivity contribution in [1.29, 1.82) is 0 Å². The molecule has 1 unspecified atom stereocenters. The molecule has 1 amide bonds. The Kier molecular flexibility index (Phi) is 7.70. The Morgan fingerprint density at radius 2 is 2.05 bits per heavy atom. The van der Waals surface area contributed by atoms with Crippen LogP contribution in [0.2, 0.25) is 0 Å². The molecule has 124 valence electrons. The molecule has 21 heavy (non-hydrogen) atoms. The van der Waals surface area contributed by atoms with Gasteiger partial charge in [-0.3, -0.25) is 0 Å². The standard InChI is InChI=1S/C15H28INO4/c1-14(2,3)21-13(18)17-8-5-7-15(11-16,12-17)20-10-6-9-19-4/h5-12H2,1-4H3. The molecule has 1 aliphatic rings. The minimum absolute atomic E-state index is 0.239. The molecule has 0 aromatic rings. The monoisotopic (exact) mass is 413 g/mol. The molecule has 0 aromatic heterocycles. The highest BCUT2D eigenvalue weighted by Crippen LogP contribution is 2.28. The Morgan fingerprint density at radius 3 is 2.62 bits per heavy atom. The number of likely N-dealkylation sites (tertiary alicyclic amines) is 1. The van der Waals surface area contributed by atoms with E-state index in [1.807, 2.05) is 20.8 Å². The van der Waals surface area contributed by atoms with E-state index in [2.05, 4.69) is 22.6 Å². The van der Waals surface area contributed by atoms with Crippen LogP contribution < -0.4 is 0 Å². The predicted octanol–water partition coefficient (Wildman–Crippen LogP) is 3.24. The van der Waals surface area contributed by atoms with Crippen molar-refractivity contribution in [2.45, 2.75) is 51.2 Å². The highest BCUT2D eigenvalue weighted by atomic mass is 127. The summed E-state index contributed by atoms with van der Waals surface area (Å²) in [5.41, 5.74) is -0.704. The number of nitrogens with zero attached hydrogens (tertiary/aromatic N) is 1. The van der Waals surface area contributed by atoms with Crippen LogP contribution >= 0.6 is 22.6 Å². The van der Waals surface area contributed by atoms with Gasteiger partial charge in [-0.1, -0.05) is 22.6 Å². The molecule has 0 N–H and O–H groups in total. The van der Waals surface area contributed by atoms with Crippen LogP contribution in [0.5, 0.6) is 0 Å². The molecular formula is C15H28INO4. The molecule has 0 saturated carbocycles. The fourth-order valence-electron chi connectivity index (χ4n) is 2.34. The van der Waals surface area contributed by atoms with Crippen molar-refractivity contribution in [3.05, 3.63) is 0 Å². The third kappa shape index (κ3) is 6.69. The number of ether oxygens (including phenoxy) is 3. The number of rotatable bonds is 6. The van der Waals surface area contributed by atoms with E-state index < -0.39 is 5.60 Å². The van der Waals surface area contributed by atoms with Crippen molar-refractivity contribution in [1.82, 2.24) is 4.90 Å². The van der Waals surface area contributed by atoms with E-state index in [-0.39, 0.29) is 11.7 Å². The number of piperidine rings is 1. The van der Waals surface area contributed by atoms with Crippen molar-refractivity contribution >= 4 is 28.7 Å². The second-order valence-electron chi connectivity index (χ2n) is 6.52. The van der Waals surface area contributed by atoms with Crippen molar-refractivity contribution in [3.63, 3.8) is 0 Å². The largest absolute Gasteiger partial charge is 0.444 e. The van der Waals surface area contributed by atoms with Gasteiger partial charge in [0.2, 0.25) is 0 Å². The molecule has 5 nitrogen and oxygen atoms in total. The first-order chi connectivity index (χ1) is 9.82. The number of alkyl halides is 1. The Labute approximate surface area is 141 Å². The average molecular weight is 413 g/mol. The second-order valence-corrected chi connectivity index (χ2v) is 7.28. The number of halogens is 1. The van der Waals surface area contributed by atoms with Crippen LogP contribution in [0.4, 0.5) is 4.79 Å². The van der Waals surface area contributed by atoms with Gasteiger partial charge in [-0.2, -0.15) is 0 Å². The number of hydrogen-bond acceptors (Lipinski definition) is 4. The van der Waals surface area contributed by atoms with Gasteiger partial charge in [-0.25, -0.2) is 4.79 Å². The fourth-order valence-corrected chi connectivity index (χ4v) is 3.18. The van der Waals surface area contributed by atoms with Gasteiger partial charge in [-0.15, -0.1) is 0 Å². The van der Waals surface area contributed by atoms with Gasteiger partial charge in [0.1, 0.15) is 5.60 Å². The molecule has 0 aliphatic carbocycles. The smallest absolute Gasteiger partial charge is 0.410 e. The zero-order valence-corrected chi connectivity index (χ0v) is 15.8. The Balaban J connectivity index is 2.56. The molecule has 1 aliphatic heterocycles. The normalized spacial score (nSPS) is 23.2. The van der Waals surface area contributed by atoms with E-state index in [1.165, 1.54) is 0 Å². The lowest BCUT2D eigenvalue weighted by Crippen LogP contribution is -2.54. The van der Waals surface area contributed by atoms with Crippen LogP contribution in [0.1, 0.15) is 40.0 Å². The summed E-state index contributed by atoms with van der Waals surface area (Å²) in [5, 5.41) is 0. The fraction of sp³-hybridized carbons (Fsp3) is 0.933. The highest BCUT2D eigenvalue weighted by Gasteiger charge is 2.38. The lowest BCUT2D eigenvalue weighted by molar-refractivity contribution is -0.0782. The maximum atomic E-state index is 12.2. The molecule has 1 fully saturated rings. The van der Waals surface area contributed by atoms with E-state index >= 15 is 0 Å². The molecule has 0 radical (unpaired) electrons. The average Bonchev–Trinajstić information content (AvgIpc) is 2.42. The third-order valence-corrected chi connectivity index (χ3v) is 4.73. The van der Waals surface area contributed by atoms with E-state index in [1.54, 1.807) is 12.0 Å². The summed E-state index contributed by atoms with van der Waals surface area (Å²) in [4.78, 5) is 14.0. The Bertz CT molecular complexity index is 332. The molecular weight excluding hydrogens is 385 g/mol. The number of methoxy groups -OCH3 is 1. The topological polar surface area (TPSA) is 48.0 Å². The Morgan fingerprint density at radius 1 is 1.33 bits per heavy atom. The summed E-state index contributed by atoms with van der Waals surface area (Å²) in [6.07, 6.45) is 2.58. The van der Waals surface area contributed by atoms with Gasteiger partial charge in [0.25, 0.3) is 0 Å². The Hall–Kier alpha value is -0.0800. The van der Waals surface area contributed by atoms with Crippen LogP contribution in [0.25, 0.3) is 0 Å². The molecule has 1 rings (SSSR count). The van der Waals surface area contributed by atoms with Crippen LogP contribution in [-0.4, -0.2) is 60.0 Å². The summed E-state index contributed by atoms with van der Waals surface area (Å²) >= 11 is 2.35. The molecule has 0 spiro atoms. The molecule has 0 aromatic carbocycles. The summed E-state index contributed by atoms with van der Waals surface area (Å²) < 4.78 is 17.5. The molecule has 0 bridgehead atoms. The maximum Gasteiger partial charge on any atom is 0.410 e. The summed E-state index contributed by atoms with van der Waals surface area (Å²) in [6.45, 7) is 8.39. The van der Waals surface area contributed by atoms with Crippen LogP contribution in [0.15, 0.2) is 0 Å². The first-order valence-electron chi connectivity index (χ1n) is 7.49. The van der Waals surface area contributed by atoms with Crippen LogP contribution in [0, 0.1) is 0 Å². The van der Waals surface area contributed by atoms with E-state index in [0.29, 0.717) is 19.8 Å². The number of carbonyl (C=O) groups is 1. The summed E-state index contributed by atoms with van der Waals surface area (Å²) in [7, 11) is 1.69. The molecule has 1 atom stereocenters. The minimum Gasteiger partial charge on any atom is -0.444 e. The zero-order chi connectivity index (χ0) is 15.9. The number of amides is 1. The zero-order valence-electron chi connectivity index (χ0n) is 13.6. The summed E-state index contributed by atoms with van der Waals surface area (Å²) in [6, 6.07) is 0. The van der Waals surface area contributed by atoms with Crippen LogP contribution in [-0.2, 0) is 14.2 Å². The first kappa shape index (κ1) is 19.0. The summed E-state index contributed by atoms with van der Waals surface area (Å²) in [5.74, 6) is 0. The SMILES string of the molecule is COCCCOC1(CI)CCCN(C(=O)OC(C)(C)C)C1. The molecule has 1 saturated heterocycles. The van der Waals surface area contributed by atoms with Crippen molar-refractivity contribution in [3.8, 4) is 0 Å². The number of carbonyl (C=O) groups excluding carboxylic acids is 1. The molecule has 1 heterocycles. The van der Waals surface area contributed by atoms with Gasteiger partial charge >= 0.3 is 6.09 Å². The third-order valence-electron chi connectivity index (χ3n) is 3.34. The van der Waals surface area contributed by atoms with Gasteiger partial charge in [0.15, 0.2) is 0 Å². The van der Waals surface area contributed by atoms with Gasteiger partial charge in [-0.05, 0) is 40.0 Å². The van der Waals surface area contributed by atoms with Gasteiger partial charge < -0.3 is 19.1 Å². The lowest BCUT2D eigenvalue weighted by atomic mass is 9.95. The highest BCUT2D eigenvalue weighted by molar-refractivity contribution is 14.1. The lowest BCUT2D eigenvalue weighted by Gasteiger charge is -2.42.